The van der Waals surface area contributed by atoms with Crippen LogP contribution in [-0.2, 0) is 9.59 Å². The zero-order valence-corrected chi connectivity index (χ0v) is 12.2. The number of urea groups is 1. The van der Waals surface area contributed by atoms with Gasteiger partial charge in [-0.1, -0.05) is 6.07 Å². The molecule has 0 aliphatic rings. The van der Waals surface area contributed by atoms with E-state index in [1.54, 1.807) is 31.5 Å². The van der Waals surface area contributed by atoms with Crippen LogP contribution in [0, 0.1) is 5.41 Å². The lowest BCUT2D eigenvalue weighted by molar-refractivity contribution is -0.149. The van der Waals surface area contributed by atoms with E-state index in [1.165, 1.54) is 13.8 Å². The molecule has 0 aliphatic carbocycles. The van der Waals surface area contributed by atoms with Crippen molar-refractivity contribution >= 4 is 17.9 Å². The lowest BCUT2D eigenvalue weighted by atomic mass is 9.89. The van der Waals surface area contributed by atoms with Gasteiger partial charge in [0.15, 0.2) is 0 Å². The van der Waals surface area contributed by atoms with Crippen LogP contribution < -0.4 is 10.6 Å². The summed E-state index contributed by atoms with van der Waals surface area (Å²) in [5, 5.41) is 13.6. The van der Waals surface area contributed by atoms with E-state index in [0.717, 1.165) is 5.56 Å². The third kappa shape index (κ3) is 5.21. The fourth-order valence-electron chi connectivity index (χ4n) is 1.60. The first-order valence-corrected chi connectivity index (χ1v) is 6.46. The van der Waals surface area contributed by atoms with Gasteiger partial charge in [-0.3, -0.25) is 19.9 Å². The summed E-state index contributed by atoms with van der Waals surface area (Å²) >= 11 is 0. The van der Waals surface area contributed by atoms with Crippen LogP contribution in [0.1, 0.15) is 38.8 Å². The monoisotopic (exact) mass is 293 g/mol. The number of carboxylic acid groups (broad SMARTS) is 1. The molecule has 1 aromatic rings. The first-order chi connectivity index (χ1) is 9.72. The van der Waals surface area contributed by atoms with Crippen LogP contribution in [0.15, 0.2) is 24.5 Å². The summed E-state index contributed by atoms with van der Waals surface area (Å²) in [4.78, 5) is 38.2. The second-order valence-electron chi connectivity index (χ2n) is 5.40. The third-order valence-electron chi connectivity index (χ3n) is 2.97. The number of hydrogen-bond donors (Lipinski definition) is 3. The molecule has 0 aromatic carbocycles. The van der Waals surface area contributed by atoms with E-state index in [9.17, 15) is 14.4 Å². The number of rotatable bonds is 5. The summed E-state index contributed by atoms with van der Waals surface area (Å²) in [5.74, 6) is -1.74. The van der Waals surface area contributed by atoms with Gasteiger partial charge in [0.1, 0.15) is 0 Å². The van der Waals surface area contributed by atoms with Gasteiger partial charge in [0.05, 0.1) is 11.5 Å². The number of nitrogens with zero attached hydrogens (tertiary/aromatic N) is 1. The Hall–Kier alpha value is -2.44. The van der Waals surface area contributed by atoms with E-state index in [-0.39, 0.29) is 12.5 Å². The Bertz CT molecular complexity index is 528. The molecule has 7 heteroatoms. The Kier molecular flexibility index (Phi) is 5.40. The molecule has 114 valence electrons. The molecule has 1 atom stereocenters. The average molecular weight is 293 g/mol. The van der Waals surface area contributed by atoms with Gasteiger partial charge in [-0.15, -0.1) is 0 Å². The van der Waals surface area contributed by atoms with Crippen molar-refractivity contribution in [3.8, 4) is 0 Å². The van der Waals surface area contributed by atoms with Crippen LogP contribution in [0.3, 0.4) is 0 Å². The van der Waals surface area contributed by atoms with E-state index in [1.807, 2.05) is 0 Å². The highest BCUT2D eigenvalue weighted by Crippen LogP contribution is 2.20. The number of hydrogen-bond acceptors (Lipinski definition) is 4. The SMILES string of the molecule is CC(NC(=O)NC(=O)CC(C)(C)C(=O)O)c1cccnc1. The van der Waals surface area contributed by atoms with Crippen LogP contribution in [0.5, 0.6) is 0 Å². The zero-order valence-electron chi connectivity index (χ0n) is 12.2. The molecule has 1 rings (SSSR count). The Morgan fingerprint density at radius 3 is 2.57 bits per heavy atom. The van der Waals surface area contributed by atoms with Crippen molar-refractivity contribution in [2.24, 2.45) is 5.41 Å². The minimum Gasteiger partial charge on any atom is -0.481 e. The van der Waals surface area contributed by atoms with Crippen molar-refractivity contribution in [2.45, 2.75) is 33.2 Å². The maximum atomic E-state index is 11.7. The second kappa shape index (κ2) is 6.83. The number of imide groups is 1. The molecule has 0 radical (unpaired) electrons. The molecule has 0 bridgehead atoms. The van der Waals surface area contributed by atoms with E-state index < -0.39 is 23.3 Å². The summed E-state index contributed by atoms with van der Waals surface area (Å²) < 4.78 is 0. The Morgan fingerprint density at radius 2 is 2.05 bits per heavy atom. The first-order valence-electron chi connectivity index (χ1n) is 6.46. The summed E-state index contributed by atoms with van der Waals surface area (Å²) in [6, 6.07) is 2.55. The fourth-order valence-corrected chi connectivity index (χ4v) is 1.60. The van der Waals surface area contributed by atoms with Crippen LogP contribution in [0.4, 0.5) is 4.79 Å². The van der Waals surface area contributed by atoms with Crippen LogP contribution in [-0.4, -0.2) is 28.0 Å². The van der Waals surface area contributed by atoms with Gasteiger partial charge >= 0.3 is 12.0 Å². The quantitative estimate of drug-likeness (QED) is 0.761. The lowest BCUT2D eigenvalue weighted by Gasteiger charge is -2.19. The number of nitrogens with one attached hydrogen (secondary N) is 2. The topological polar surface area (TPSA) is 108 Å². The van der Waals surface area contributed by atoms with E-state index >= 15 is 0 Å². The predicted molar refractivity (Wildman–Crippen MR) is 75.4 cm³/mol. The Labute approximate surface area is 122 Å². The first kappa shape index (κ1) is 16.6. The molecular weight excluding hydrogens is 274 g/mol. The van der Waals surface area contributed by atoms with Crippen molar-refractivity contribution in [1.29, 1.82) is 0 Å². The van der Waals surface area contributed by atoms with Crippen molar-refractivity contribution in [2.75, 3.05) is 0 Å². The largest absolute Gasteiger partial charge is 0.481 e. The molecule has 1 aromatic heterocycles. The van der Waals surface area contributed by atoms with E-state index in [0.29, 0.717) is 0 Å². The molecule has 1 unspecified atom stereocenters. The molecule has 7 nitrogen and oxygen atoms in total. The van der Waals surface area contributed by atoms with Crippen LogP contribution in [0.25, 0.3) is 0 Å². The minimum atomic E-state index is -1.22. The minimum absolute atomic E-state index is 0.281. The van der Waals surface area contributed by atoms with Gasteiger partial charge in [0.2, 0.25) is 5.91 Å². The molecule has 0 saturated heterocycles. The number of carbonyl (C=O) groups excluding carboxylic acids is 2. The molecule has 0 saturated carbocycles. The standard InChI is InChI=1S/C14H19N3O4/c1-9(10-5-4-6-15-8-10)16-13(21)17-11(18)7-14(2,3)12(19)20/h4-6,8-9H,7H2,1-3H3,(H,19,20)(H2,16,17,18,21). The van der Waals surface area contributed by atoms with E-state index in [4.69, 9.17) is 5.11 Å². The molecule has 1 heterocycles. The van der Waals surface area contributed by atoms with Gasteiger partial charge in [0, 0.05) is 18.8 Å². The molecule has 0 fully saturated rings. The number of amides is 3. The van der Waals surface area contributed by atoms with Gasteiger partial charge in [-0.2, -0.15) is 0 Å². The second-order valence-corrected chi connectivity index (χ2v) is 5.40. The van der Waals surface area contributed by atoms with Gasteiger partial charge in [0.25, 0.3) is 0 Å². The van der Waals surface area contributed by atoms with E-state index in [2.05, 4.69) is 15.6 Å². The Morgan fingerprint density at radius 1 is 1.38 bits per heavy atom. The summed E-state index contributed by atoms with van der Waals surface area (Å²) in [6.45, 7) is 4.60. The number of pyridine rings is 1. The van der Waals surface area contributed by atoms with Crippen molar-refractivity contribution in [1.82, 2.24) is 15.6 Å². The zero-order chi connectivity index (χ0) is 16.0. The summed E-state index contributed by atoms with van der Waals surface area (Å²) in [7, 11) is 0. The normalized spacial score (nSPS) is 12.3. The predicted octanol–water partition coefficient (Wildman–Crippen LogP) is 1.47. The van der Waals surface area contributed by atoms with Gasteiger partial charge in [-0.05, 0) is 32.4 Å². The van der Waals surface area contributed by atoms with Gasteiger partial charge in [-0.25, -0.2) is 4.79 Å². The maximum absolute atomic E-state index is 11.7. The number of aliphatic carboxylic acids is 1. The third-order valence-corrected chi connectivity index (χ3v) is 2.97. The lowest BCUT2D eigenvalue weighted by Crippen LogP contribution is -2.42. The molecule has 0 aliphatic heterocycles. The van der Waals surface area contributed by atoms with Crippen molar-refractivity contribution in [3.05, 3.63) is 30.1 Å². The average Bonchev–Trinajstić information content (AvgIpc) is 2.38. The molecule has 3 amide bonds. The highest BCUT2D eigenvalue weighted by Gasteiger charge is 2.30. The molecule has 0 spiro atoms. The fraction of sp³-hybridized carbons (Fsp3) is 0.429. The number of aromatic nitrogens is 1. The summed E-state index contributed by atoms with van der Waals surface area (Å²) in [5.41, 5.74) is -0.426. The molecular formula is C14H19N3O4. The van der Waals surface area contributed by atoms with Crippen molar-refractivity contribution in [3.63, 3.8) is 0 Å². The van der Waals surface area contributed by atoms with Crippen molar-refractivity contribution < 1.29 is 19.5 Å². The summed E-state index contributed by atoms with van der Waals surface area (Å²) in [6.07, 6.45) is 2.95. The number of carboxylic acids is 1. The molecule has 21 heavy (non-hydrogen) atoms. The highest BCUT2D eigenvalue weighted by atomic mass is 16.4. The molecule has 3 N–H and O–H groups in total. The van der Waals surface area contributed by atoms with Gasteiger partial charge < -0.3 is 10.4 Å². The smallest absolute Gasteiger partial charge is 0.321 e. The van der Waals surface area contributed by atoms with Crippen LogP contribution >= 0.6 is 0 Å². The Balaban J connectivity index is 2.51. The highest BCUT2D eigenvalue weighted by molar-refractivity contribution is 5.96. The number of carbonyl (C=O) groups is 3. The maximum Gasteiger partial charge on any atom is 0.321 e. The van der Waals surface area contributed by atoms with Crippen LogP contribution in [0.2, 0.25) is 0 Å².